The number of alkyl halides is 1. The third kappa shape index (κ3) is 2.66. The van der Waals surface area contributed by atoms with Crippen LogP contribution in [-0.4, -0.2) is 34.9 Å². The zero-order valence-corrected chi connectivity index (χ0v) is 12.0. The molecule has 0 bridgehead atoms. The molecular formula is C15H17ClN2O2. The topological polar surface area (TPSA) is 46.3 Å². The van der Waals surface area contributed by atoms with Gasteiger partial charge >= 0.3 is 0 Å². The largest absolute Gasteiger partial charge is 0.356 e. The van der Waals surface area contributed by atoms with Gasteiger partial charge in [0.25, 0.3) is 0 Å². The molecule has 1 aliphatic heterocycles. The second-order valence-electron chi connectivity index (χ2n) is 5.30. The van der Waals surface area contributed by atoms with Gasteiger partial charge in [-0.15, -0.1) is 11.6 Å². The molecular weight excluding hydrogens is 276 g/mol. The summed E-state index contributed by atoms with van der Waals surface area (Å²) in [6.45, 7) is 1.58. The first-order chi connectivity index (χ1) is 9.78. The van der Waals surface area contributed by atoms with Crippen LogP contribution in [0.2, 0.25) is 0 Å². The van der Waals surface area contributed by atoms with Crippen LogP contribution in [-0.2, 0) is 11.2 Å². The van der Waals surface area contributed by atoms with Gasteiger partial charge in [-0.3, -0.25) is 4.79 Å². The summed E-state index contributed by atoms with van der Waals surface area (Å²) >= 11 is 5.91. The van der Waals surface area contributed by atoms with Crippen LogP contribution in [0.15, 0.2) is 28.8 Å². The number of halogens is 1. The molecule has 1 aromatic heterocycles. The number of fused-ring (bicyclic) bond motifs is 1. The lowest BCUT2D eigenvalue weighted by atomic mass is 9.99. The van der Waals surface area contributed by atoms with E-state index in [2.05, 4.69) is 5.16 Å². The monoisotopic (exact) mass is 292 g/mol. The zero-order chi connectivity index (χ0) is 13.9. The lowest BCUT2D eigenvalue weighted by Crippen LogP contribution is -2.41. The van der Waals surface area contributed by atoms with Gasteiger partial charge in [-0.25, -0.2) is 0 Å². The number of rotatable bonds is 3. The number of hydrogen-bond donors (Lipinski definition) is 0. The van der Waals surface area contributed by atoms with Gasteiger partial charge < -0.3 is 9.42 Å². The Hall–Kier alpha value is -1.55. The fourth-order valence-electron chi connectivity index (χ4n) is 2.74. The average Bonchev–Trinajstić information content (AvgIpc) is 2.90. The first-order valence-corrected chi connectivity index (χ1v) is 7.48. The Bertz CT molecular complexity index is 611. The van der Waals surface area contributed by atoms with Crippen molar-refractivity contribution in [3.05, 3.63) is 30.0 Å². The number of carbonyl (C=O) groups excluding carboxylic acids is 1. The lowest BCUT2D eigenvalue weighted by molar-refractivity contribution is -0.132. The van der Waals surface area contributed by atoms with Crippen molar-refractivity contribution in [2.75, 3.05) is 19.0 Å². The highest BCUT2D eigenvalue weighted by molar-refractivity contribution is 6.18. The molecule has 0 N–H and O–H groups in total. The SMILES string of the molecule is O=C(Cc1noc2ccccc12)N1CCCC(CCl)C1. The fourth-order valence-corrected chi connectivity index (χ4v) is 2.99. The quantitative estimate of drug-likeness (QED) is 0.817. The van der Waals surface area contributed by atoms with Crippen LogP contribution in [0.25, 0.3) is 11.0 Å². The Morgan fingerprint density at radius 2 is 2.30 bits per heavy atom. The number of carbonyl (C=O) groups is 1. The number of likely N-dealkylation sites (tertiary alicyclic amines) is 1. The molecule has 5 heteroatoms. The summed E-state index contributed by atoms with van der Waals surface area (Å²) in [5.41, 5.74) is 1.45. The number of hydrogen-bond acceptors (Lipinski definition) is 3. The Labute approximate surface area is 122 Å². The second kappa shape index (κ2) is 5.83. The predicted octanol–water partition coefficient (Wildman–Crippen LogP) is 2.85. The highest BCUT2D eigenvalue weighted by Gasteiger charge is 2.24. The van der Waals surface area contributed by atoms with Crippen molar-refractivity contribution in [3.8, 4) is 0 Å². The van der Waals surface area contributed by atoms with Crippen LogP contribution < -0.4 is 0 Å². The molecule has 106 valence electrons. The number of nitrogens with zero attached hydrogens (tertiary/aromatic N) is 2. The van der Waals surface area contributed by atoms with E-state index < -0.39 is 0 Å². The molecule has 1 unspecified atom stereocenters. The van der Waals surface area contributed by atoms with E-state index >= 15 is 0 Å². The molecule has 2 heterocycles. The van der Waals surface area contributed by atoms with Gasteiger partial charge in [0.1, 0.15) is 5.69 Å². The molecule has 1 fully saturated rings. The van der Waals surface area contributed by atoms with Crippen molar-refractivity contribution in [2.24, 2.45) is 5.92 Å². The number of benzene rings is 1. The van der Waals surface area contributed by atoms with Crippen molar-refractivity contribution in [2.45, 2.75) is 19.3 Å². The summed E-state index contributed by atoms with van der Waals surface area (Å²) in [6.07, 6.45) is 2.44. The van der Waals surface area contributed by atoms with E-state index in [0.717, 1.165) is 42.6 Å². The van der Waals surface area contributed by atoms with Gasteiger partial charge in [0.2, 0.25) is 5.91 Å². The summed E-state index contributed by atoms with van der Waals surface area (Å²) in [4.78, 5) is 14.3. The van der Waals surface area contributed by atoms with Crippen molar-refractivity contribution in [3.63, 3.8) is 0 Å². The maximum absolute atomic E-state index is 12.4. The highest BCUT2D eigenvalue weighted by atomic mass is 35.5. The average molecular weight is 293 g/mol. The molecule has 0 aliphatic carbocycles. The number of piperidine rings is 1. The Morgan fingerprint density at radius 3 is 3.15 bits per heavy atom. The third-order valence-electron chi connectivity index (χ3n) is 3.86. The van der Waals surface area contributed by atoms with E-state index in [0.29, 0.717) is 18.2 Å². The van der Waals surface area contributed by atoms with Gasteiger partial charge in [-0.2, -0.15) is 0 Å². The van der Waals surface area contributed by atoms with E-state index in [4.69, 9.17) is 16.1 Å². The molecule has 0 spiro atoms. The van der Waals surface area contributed by atoms with E-state index in [1.165, 1.54) is 0 Å². The molecule has 3 rings (SSSR count). The standard InChI is InChI=1S/C15H17ClN2O2/c16-9-11-4-3-7-18(10-11)15(19)8-13-12-5-1-2-6-14(12)20-17-13/h1-2,5-6,11H,3-4,7-10H2. The molecule has 0 radical (unpaired) electrons. The molecule has 1 aliphatic rings. The zero-order valence-electron chi connectivity index (χ0n) is 11.2. The maximum Gasteiger partial charge on any atom is 0.228 e. The van der Waals surface area contributed by atoms with Crippen molar-refractivity contribution >= 4 is 28.5 Å². The molecule has 4 nitrogen and oxygen atoms in total. The minimum absolute atomic E-state index is 0.110. The first kappa shape index (κ1) is 13.4. The summed E-state index contributed by atoms with van der Waals surface area (Å²) < 4.78 is 5.24. The molecule has 1 saturated heterocycles. The molecule has 20 heavy (non-hydrogen) atoms. The minimum Gasteiger partial charge on any atom is -0.356 e. The molecule has 1 aromatic carbocycles. The number of amides is 1. The summed E-state index contributed by atoms with van der Waals surface area (Å²) in [6, 6.07) is 7.62. The van der Waals surface area contributed by atoms with Crippen molar-refractivity contribution in [1.29, 1.82) is 0 Å². The smallest absolute Gasteiger partial charge is 0.228 e. The lowest BCUT2D eigenvalue weighted by Gasteiger charge is -2.31. The fraction of sp³-hybridized carbons (Fsp3) is 0.467. The normalized spacial score (nSPS) is 19.4. The van der Waals surface area contributed by atoms with Crippen LogP contribution >= 0.6 is 11.6 Å². The highest BCUT2D eigenvalue weighted by Crippen LogP contribution is 2.21. The Balaban J connectivity index is 1.72. The van der Waals surface area contributed by atoms with Gasteiger partial charge in [0, 0.05) is 24.4 Å². The van der Waals surface area contributed by atoms with Crippen molar-refractivity contribution in [1.82, 2.24) is 10.1 Å². The second-order valence-corrected chi connectivity index (χ2v) is 5.61. The van der Waals surface area contributed by atoms with E-state index in [1.54, 1.807) is 0 Å². The van der Waals surface area contributed by atoms with Gasteiger partial charge in [-0.05, 0) is 30.9 Å². The van der Waals surface area contributed by atoms with E-state index in [9.17, 15) is 4.79 Å². The third-order valence-corrected chi connectivity index (χ3v) is 4.30. The predicted molar refractivity (Wildman–Crippen MR) is 77.7 cm³/mol. The van der Waals surface area contributed by atoms with Crippen LogP contribution in [0.1, 0.15) is 18.5 Å². The van der Waals surface area contributed by atoms with Gasteiger partial charge in [-0.1, -0.05) is 17.3 Å². The number of aromatic nitrogens is 1. The molecule has 2 aromatic rings. The van der Waals surface area contributed by atoms with E-state index in [1.807, 2.05) is 29.2 Å². The summed E-state index contributed by atoms with van der Waals surface area (Å²) in [7, 11) is 0. The van der Waals surface area contributed by atoms with Crippen LogP contribution in [0, 0.1) is 5.92 Å². The minimum atomic E-state index is 0.110. The van der Waals surface area contributed by atoms with Gasteiger partial charge in [0.15, 0.2) is 5.58 Å². The molecule has 0 saturated carbocycles. The Kier molecular flexibility index (Phi) is 3.92. The van der Waals surface area contributed by atoms with Crippen LogP contribution in [0.4, 0.5) is 0 Å². The van der Waals surface area contributed by atoms with E-state index in [-0.39, 0.29) is 5.91 Å². The van der Waals surface area contributed by atoms with Crippen molar-refractivity contribution < 1.29 is 9.32 Å². The first-order valence-electron chi connectivity index (χ1n) is 6.95. The number of para-hydroxylation sites is 1. The van der Waals surface area contributed by atoms with Gasteiger partial charge in [0.05, 0.1) is 6.42 Å². The molecule has 1 atom stereocenters. The summed E-state index contributed by atoms with van der Waals surface area (Å²) in [5.74, 6) is 1.15. The van der Waals surface area contributed by atoms with Crippen LogP contribution in [0.3, 0.4) is 0 Å². The Morgan fingerprint density at radius 1 is 1.45 bits per heavy atom. The van der Waals surface area contributed by atoms with Crippen LogP contribution in [0.5, 0.6) is 0 Å². The molecule has 1 amide bonds. The maximum atomic E-state index is 12.4. The summed E-state index contributed by atoms with van der Waals surface area (Å²) in [5, 5.41) is 4.94.